The molecule has 1 aromatic carbocycles. The monoisotopic (exact) mass is 452 g/mol. The van der Waals surface area contributed by atoms with Crippen molar-refractivity contribution in [2.45, 2.75) is 25.4 Å². The van der Waals surface area contributed by atoms with E-state index in [9.17, 15) is 4.79 Å². The Hall–Kier alpha value is -3.79. The van der Waals surface area contributed by atoms with E-state index in [2.05, 4.69) is 31.0 Å². The fraction of sp³-hybridized carbons (Fsp3) is 0.348. The topological polar surface area (TPSA) is 150 Å². The van der Waals surface area contributed by atoms with E-state index in [1.54, 1.807) is 26.4 Å². The Labute approximate surface area is 194 Å². The molecule has 1 amide bonds. The molecule has 176 valence electrons. The maximum absolute atomic E-state index is 11.1. The van der Waals surface area contributed by atoms with Crippen molar-refractivity contribution in [3.63, 3.8) is 0 Å². The van der Waals surface area contributed by atoms with Crippen molar-refractivity contribution >= 4 is 36.1 Å². The molecule has 33 heavy (non-hydrogen) atoms. The lowest BCUT2D eigenvalue weighted by molar-refractivity contribution is -0.110. The number of nitrogens with one attached hydrogen (secondary N) is 4. The molecule has 0 radical (unpaired) electrons. The van der Waals surface area contributed by atoms with Gasteiger partial charge in [-0.1, -0.05) is 30.3 Å². The summed E-state index contributed by atoms with van der Waals surface area (Å²) in [6.07, 6.45) is 4.75. The van der Waals surface area contributed by atoms with Crippen LogP contribution in [0.25, 0.3) is 0 Å². The summed E-state index contributed by atoms with van der Waals surface area (Å²) in [5, 5.41) is 20.8. The summed E-state index contributed by atoms with van der Waals surface area (Å²) in [5.41, 5.74) is 3.64. The third-order valence-corrected chi connectivity index (χ3v) is 4.90. The highest BCUT2D eigenvalue weighted by Crippen LogP contribution is 2.23. The summed E-state index contributed by atoms with van der Waals surface area (Å²) in [4.78, 5) is 20.2. The number of hydrogen-bond donors (Lipinski definition) is 5. The smallest absolute Gasteiger partial charge is 0.207 e. The summed E-state index contributed by atoms with van der Waals surface area (Å²) >= 11 is 0. The van der Waals surface area contributed by atoms with Crippen molar-refractivity contribution in [2.75, 3.05) is 37.9 Å². The van der Waals surface area contributed by atoms with Gasteiger partial charge in [-0.25, -0.2) is 4.98 Å². The lowest BCUT2D eigenvalue weighted by Crippen LogP contribution is -2.23. The number of amides is 1. The highest BCUT2D eigenvalue weighted by Gasteiger charge is 2.14. The average Bonchev–Trinajstić information content (AvgIpc) is 2.86. The fourth-order valence-corrected chi connectivity index (χ4v) is 3.24. The first kappa shape index (κ1) is 25.5. The number of nitrogens with two attached hydrogens (primary N) is 1. The number of carbonyl (C=O) groups is 1. The quantitative estimate of drug-likeness (QED) is 0.0920. The zero-order chi connectivity index (χ0) is 23.9. The van der Waals surface area contributed by atoms with E-state index in [-0.39, 0.29) is 12.6 Å². The van der Waals surface area contributed by atoms with Crippen molar-refractivity contribution in [3.8, 4) is 0 Å². The van der Waals surface area contributed by atoms with Crippen molar-refractivity contribution in [1.29, 1.82) is 5.41 Å². The second-order valence-electron chi connectivity index (χ2n) is 7.13. The molecule has 1 aromatic heterocycles. The number of rotatable bonds is 15. The van der Waals surface area contributed by atoms with Crippen LogP contribution in [0.15, 0.2) is 46.5 Å². The van der Waals surface area contributed by atoms with Crippen molar-refractivity contribution < 1.29 is 9.53 Å². The molecule has 0 aliphatic heterocycles. The number of carbonyl (C=O) groups excluding carboxylic acids is 1. The molecule has 6 N–H and O–H groups in total. The molecule has 10 nitrogen and oxygen atoms in total. The average molecular weight is 453 g/mol. The number of hydrogen-bond acceptors (Lipinski definition) is 9. The van der Waals surface area contributed by atoms with Crippen LogP contribution >= 0.6 is 0 Å². The Morgan fingerprint density at radius 1 is 1.33 bits per heavy atom. The normalized spacial score (nSPS) is 12.4. The Balaban J connectivity index is 2.18. The molecule has 1 atom stereocenters. The van der Waals surface area contributed by atoms with Gasteiger partial charge in [0.2, 0.25) is 6.41 Å². The lowest BCUT2D eigenvalue weighted by atomic mass is 10.0. The van der Waals surface area contributed by atoms with Crippen molar-refractivity contribution in [3.05, 3.63) is 53.2 Å². The molecule has 0 saturated heterocycles. The van der Waals surface area contributed by atoms with Gasteiger partial charge in [0, 0.05) is 51.7 Å². The van der Waals surface area contributed by atoms with Crippen LogP contribution < -0.4 is 21.8 Å². The Morgan fingerprint density at radius 2 is 2.12 bits per heavy atom. The second-order valence-corrected chi connectivity index (χ2v) is 7.13. The van der Waals surface area contributed by atoms with Gasteiger partial charge in [-0.2, -0.15) is 5.10 Å². The molecule has 2 aromatic rings. The number of hydrazone groups is 1. The lowest BCUT2D eigenvalue weighted by Gasteiger charge is -2.16. The van der Waals surface area contributed by atoms with Crippen molar-refractivity contribution in [2.24, 2.45) is 15.9 Å². The number of aromatic nitrogens is 1. The van der Waals surface area contributed by atoms with E-state index in [0.29, 0.717) is 48.8 Å². The van der Waals surface area contributed by atoms with Crippen LogP contribution in [0.3, 0.4) is 0 Å². The van der Waals surface area contributed by atoms with Gasteiger partial charge >= 0.3 is 0 Å². The molecule has 0 bridgehead atoms. The molecule has 0 spiro atoms. The predicted molar refractivity (Wildman–Crippen MR) is 133 cm³/mol. The van der Waals surface area contributed by atoms with E-state index in [0.717, 1.165) is 17.7 Å². The molecule has 1 heterocycles. The maximum atomic E-state index is 11.1. The first-order valence-electron chi connectivity index (χ1n) is 10.6. The van der Waals surface area contributed by atoms with Crippen LogP contribution in [0.1, 0.15) is 35.7 Å². The standard InChI is InChI=1S/C23H32N8O2/c1-26-22-11-18(13-24)23(28-9-6-10-33-2)21(30-22)15-27-14-19(31-25)12-20(29-16-32)17-7-4-3-5-8-17/h3-5,7-8,11,13-14,16,20,24,28H,6,9-10,12,15,25H2,1-2H3,(H,26,30)(H,29,32). The largest absolute Gasteiger partial charge is 0.385 e. The van der Waals surface area contributed by atoms with Crippen LogP contribution in [0.5, 0.6) is 0 Å². The number of benzene rings is 1. The molecular formula is C23H32N8O2. The fourth-order valence-electron chi connectivity index (χ4n) is 3.24. The van der Waals surface area contributed by atoms with Crippen LogP contribution in [0.4, 0.5) is 11.5 Å². The Bertz CT molecular complexity index is 947. The number of methoxy groups -OCH3 is 1. The molecule has 0 saturated carbocycles. The maximum Gasteiger partial charge on any atom is 0.207 e. The predicted octanol–water partition coefficient (Wildman–Crippen LogP) is 2.33. The molecular weight excluding hydrogens is 420 g/mol. The van der Waals surface area contributed by atoms with Crippen LogP contribution in [0.2, 0.25) is 0 Å². The zero-order valence-electron chi connectivity index (χ0n) is 19.0. The number of pyridine rings is 1. The highest BCUT2D eigenvalue weighted by molar-refractivity contribution is 6.30. The van der Waals surface area contributed by atoms with Gasteiger partial charge in [-0.15, -0.1) is 0 Å². The number of anilines is 2. The van der Waals surface area contributed by atoms with Gasteiger partial charge in [-0.05, 0) is 18.1 Å². The summed E-state index contributed by atoms with van der Waals surface area (Å²) in [7, 11) is 3.44. The number of nitrogens with zero attached hydrogens (tertiary/aromatic N) is 3. The molecule has 0 aliphatic carbocycles. The zero-order valence-corrected chi connectivity index (χ0v) is 19.0. The number of aliphatic imine (C=N–C) groups is 1. The molecule has 10 heteroatoms. The van der Waals surface area contributed by atoms with Crippen LogP contribution in [-0.4, -0.2) is 56.8 Å². The van der Waals surface area contributed by atoms with Crippen molar-refractivity contribution in [1.82, 2.24) is 10.3 Å². The van der Waals surface area contributed by atoms with Gasteiger partial charge in [0.05, 0.1) is 29.7 Å². The van der Waals surface area contributed by atoms with Gasteiger partial charge < -0.3 is 31.9 Å². The summed E-state index contributed by atoms with van der Waals surface area (Å²) < 4.78 is 5.10. The molecule has 1 unspecified atom stereocenters. The first-order chi connectivity index (χ1) is 16.2. The van der Waals surface area contributed by atoms with E-state index in [1.165, 1.54) is 6.21 Å². The Kier molecular flexibility index (Phi) is 11.0. The van der Waals surface area contributed by atoms with Crippen LogP contribution in [-0.2, 0) is 16.1 Å². The van der Waals surface area contributed by atoms with Gasteiger partial charge in [0.1, 0.15) is 5.82 Å². The van der Waals surface area contributed by atoms with Gasteiger partial charge in [0.25, 0.3) is 0 Å². The third kappa shape index (κ3) is 8.00. The van der Waals surface area contributed by atoms with Crippen LogP contribution in [0, 0.1) is 5.41 Å². The molecule has 0 fully saturated rings. The van der Waals surface area contributed by atoms with Gasteiger partial charge in [0.15, 0.2) is 0 Å². The second kappa shape index (κ2) is 14.3. The van der Waals surface area contributed by atoms with Gasteiger partial charge in [-0.3, -0.25) is 9.79 Å². The highest BCUT2D eigenvalue weighted by atomic mass is 16.5. The first-order valence-corrected chi connectivity index (χ1v) is 10.6. The summed E-state index contributed by atoms with van der Waals surface area (Å²) in [6.45, 7) is 1.58. The van der Waals surface area contributed by atoms with E-state index in [1.807, 2.05) is 30.3 Å². The minimum absolute atomic E-state index is 0.263. The van der Waals surface area contributed by atoms with E-state index >= 15 is 0 Å². The summed E-state index contributed by atoms with van der Waals surface area (Å²) in [6, 6.07) is 11.1. The van der Waals surface area contributed by atoms with E-state index < -0.39 is 0 Å². The minimum Gasteiger partial charge on any atom is -0.385 e. The number of ether oxygens (including phenoxy) is 1. The molecule has 0 aliphatic rings. The minimum atomic E-state index is -0.272. The molecule has 2 rings (SSSR count). The SMILES string of the molecule is CNc1cc(C=N)c(NCCCOC)c(CN=CC(CC(NC=O)c2ccccc2)=NN)n1. The summed E-state index contributed by atoms with van der Waals surface area (Å²) in [5.74, 6) is 6.24. The van der Waals surface area contributed by atoms with E-state index in [4.69, 9.17) is 16.0 Å². The third-order valence-electron chi connectivity index (χ3n) is 4.90. The Morgan fingerprint density at radius 3 is 2.76 bits per heavy atom.